The number of nitrogens with zero attached hydrogens (tertiary/aromatic N) is 3. The van der Waals surface area contributed by atoms with Crippen molar-refractivity contribution in [1.82, 2.24) is 9.88 Å². The molecule has 1 N–H and O–H groups in total. The average molecular weight is 437 g/mol. The van der Waals surface area contributed by atoms with E-state index in [1.54, 1.807) is 0 Å². The van der Waals surface area contributed by atoms with Crippen LogP contribution in [0.1, 0.15) is 57.9 Å². The van der Waals surface area contributed by atoms with E-state index >= 15 is 0 Å². The molecule has 0 saturated carbocycles. The van der Waals surface area contributed by atoms with E-state index in [4.69, 9.17) is 4.98 Å². The first-order valence-electron chi connectivity index (χ1n) is 12.1. The molecule has 6 nitrogen and oxygen atoms in total. The van der Waals surface area contributed by atoms with E-state index in [9.17, 15) is 9.59 Å². The van der Waals surface area contributed by atoms with Gasteiger partial charge < -0.3 is 15.1 Å². The second-order valence-corrected chi connectivity index (χ2v) is 9.83. The van der Waals surface area contributed by atoms with Gasteiger partial charge in [-0.15, -0.1) is 0 Å². The Kier molecular flexibility index (Phi) is 6.97. The SMILES string of the molecule is Cc1cc(N2CCC(C)CC2)nc2ccc(NC(=O)CCC(=O)N3CCC[C@H](C)C3)cc12. The molecule has 0 bridgehead atoms. The van der Waals surface area contributed by atoms with Gasteiger partial charge in [-0.05, 0) is 74.3 Å². The van der Waals surface area contributed by atoms with E-state index < -0.39 is 0 Å². The van der Waals surface area contributed by atoms with Crippen molar-refractivity contribution in [3.8, 4) is 0 Å². The van der Waals surface area contributed by atoms with E-state index in [1.165, 1.54) is 19.3 Å². The lowest BCUT2D eigenvalue weighted by Gasteiger charge is -2.31. The van der Waals surface area contributed by atoms with Crippen LogP contribution in [-0.4, -0.2) is 47.9 Å². The molecule has 172 valence electrons. The summed E-state index contributed by atoms with van der Waals surface area (Å²) in [5.74, 6) is 2.36. The second kappa shape index (κ2) is 9.88. The molecule has 4 rings (SSSR count). The number of benzene rings is 1. The molecule has 2 aliphatic heterocycles. The number of rotatable bonds is 5. The van der Waals surface area contributed by atoms with Gasteiger partial charge in [0.15, 0.2) is 0 Å². The molecule has 0 radical (unpaired) electrons. The predicted octanol–water partition coefficient (Wildman–Crippen LogP) is 4.76. The summed E-state index contributed by atoms with van der Waals surface area (Å²) < 4.78 is 0. The second-order valence-electron chi connectivity index (χ2n) is 9.83. The van der Waals surface area contributed by atoms with Crippen molar-refractivity contribution < 1.29 is 9.59 Å². The van der Waals surface area contributed by atoms with Crippen LogP contribution in [0.5, 0.6) is 0 Å². The molecule has 2 aliphatic rings. The molecule has 1 atom stereocenters. The van der Waals surface area contributed by atoms with E-state index in [0.717, 1.165) is 66.5 Å². The average Bonchev–Trinajstić information content (AvgIpc) is 2.78. The van der Waals surface area contributed by atoms with Gasteiger partial charge in [0.05, 0.1) is 5.52 Å². The zero-order valence-electron chi connectivity index (χ0n) is 19.7. The highest BCUT2D eigenvalue weighted by Crippen LogP contribution is 2.28. The van der Waals surface area contributed by atoms with Gasteiger partial charge in [-0.1, -0.05) is 13.8 Å². The maximum Gasteiger partial charge on any atom is 0.224 e. The third kappa shape index (κ3) is 5.40. The fraction of sp³-hybridized carbons (Fsp3) is 0.577. The summed E-state index contributed by atoms with van der Waals surface area (Å²) in [4.78, 5) is 34.1. The Balaban J connectivity index is 1.37. The largest absolute Gasteiger partial charge is 0.357 e. The predicted molar refractivity (Wildman–Crippen MR) is 130 cm³/mol. The molecule has 0 spiro atoms. The van der Waals surface area contributed by atoms with E-state index in [-0.39, 0.29) is 24.7 Å². The first-order chi connectivity index (χ1) is 15.4. The van der Waals surface area contributed by atoms with E-state index in [0.29, 0.717) is 5.92 Å². The number of piperidine rings is 2. The summed E-state index contributed by atoms with van der Waals surface area (Å²) in [5.41, 5.74) is 2.87. The van der Waals surface area contributed by atoms with Crippen molar-refractivity contribution in [2.75, 3.05) is 36.4 Å². The molecule has 1 aromatic carbocycles. The van der Waals surface area contributed by atoms with Gasteiger partial charge >= 0.3 is 0 Å². The number of amides is 2. The number of hydrogen-bond donors (Lipinski definition) is 1. The van der Waals surface area contributed by atoms with Crippen molar-refractivity contribution in [3.05, 3.63) is 29.8 Å². The Labute approximate surface area is 191 Å². The standard InChI is InChI=1S/C26H36N4O2/c1-18-10-13-29(14-11-18)24-15-20(3)22-16-21(6-7-23(22)28-24)27-25(31)8-9-26(32)30-12-4-5-19(2)17-30/h6-7,15-16,18-19H,4-5,8-14,17H2,1-3H3,(H,27,31)/t19-/m0/s1. The highest BCUT2D eigenvalue weighted by atomic mass is 16.2. The van der Waals surface area contributed by atoms with Crippen LogP contribution in [0, 0.1) is 18.8 Å². The number of likely N-dealkylation sites (tertiary alicyclic amines) is 1. The Morgan fingerprint density at radius 2 is 1.81 bits per heavy atom. The first kappa shape index (κ1) is 22.6. The van der Waals surface area contributed by atoms with Gasteiger partial charge in [0.2, 0.25) is 11.8 Å². The summed E-state index contributed by atoms with van der Waals surface area (Å²) in [6.45, 7) is 10.3. The zero-order valence-corrected chi connectivity index (χ0v) is 19.7. The Bertz CT molecular complexity index is 981. The number of hydrogen-bond acceptors (Lipinski definition) is 4. The van der Waals surface area contributed by atoms with Gasteiger partial charge in [0.1, 0.15) is 5.82 Å². The summed E-state index contributed by atoms with van der Waals surface area (Å²) in [6.07, 6.45) is 5.14. The number of anilines is 2. The van der Waals surface area contributed by atoms with Gasteiger partial charge in [-0.3, -0.25) is 9.59 Å². The summed E-state index contributed by atoms with van der Waals surface area (Å²) in [5, 5.41) is 4.01. The molecular formula is C26H36N4O2. The smallest absolute Gasteiger partial charge is 0.224 e. The van der Waals surface area contributed by atoms with Crippen LogP contribution in [0.2, 0.25) is 0 Å². The fourth-order valence-corrected chi connectivity index (χ4v) is 4.87. The lowest BCUT2D eigenvalue weighted by atomic mass is 9.99. The number of pyridine rings is 1. The molecule has 2 saturated heterocycles. The molecule has 3 heterocycles. The van der Waals surface area contributed by atoms with Crippen LogP contribution in [0.3, 0.4) is 0 Å². The van der Waals surface area contributed by atoms with Crippen LogP contribution in [-0.2, 0) is 9.59 Å². The minimum atomic E-state index is -0.118. The van der Waals surface area contributed by atoms with Crippen LogP contribution in [0.15, 0.2) is 24.3 Å². The topological polar surface area (TPSA) is 65.5 Å². The molecule has 2 amide bonds. The van der Waals surface area contributed by atoms with Crippen molar-refractivity contribution in [1.29, 1.82) is 0 Å². The van der Waals surface area contributed by atoms with E-state index in [2.05, 4.69) is 37.1 Å². The Morgan fingerprint density at radius 1 is 1.03 bits per heavy atom. The van der Waals surface area contributed by atoms with Gasteiger partial charge in [-0.25, -0.2) is 4.98 Å². The fourth-order valence-electron chi connectivity index (χ4n) is 4.87. The molecular weight excluding hydrogens is 400 g/mol. The van der Waals surface area contributed by atoms with E-state index in [1.807, 2.05) is 23.1 Å². The van der Waals surface area contributed by atoms with Crippen molar-refractivity contribution in [3.63, 3.8) is 0 Å². The van der Waals surface area contributed by atoms with Gasteiger partial charge in [0, 0.05) is 50.1 Å². The molecule has 0 aliphatic carbocycles. The van der Waals surface area contributed by atoms with Crippen LogP contribution >= 0.6 is 0 Å². The Hall–Kier alpha value is -2.63. The van der Waals surface area contributed by atoms with Gasteiger partial charge in [-0.2, -0.15) is 0 Å². The van der Waals surface area contributed by atoms with Crippen LogP contribution < -0.4 is 10.2 Å². The summed E-state index contributed by atoms with van der Waals surface area (Å²) in [7, 11) is 0. The molecule has 0 unspecified atom stereocenters. The van der Waals surface area contributed by atoms with Crippen molar-refractivity contribution in [2.24, 2.45) is 11.8 Å². The highest BCUT2D eigenvalue weighted by molar-refractivity contribution is 5.96. The number of aromatic nitrogens is 1. The number of carbonyl (C=O) groups excluding carboxylic acids is 2. The number of nitrogens with one attached hydrogen (secondary N) is 1. The Morgan fingerprint density at radius 3 is 2.56 bits per heavy atom. The van der Waals surface area contributed by atoms with Gasteiger partial charge in [0.25, 0.3) is 0 Å². The minimum Gasteiger partial charge on any atom is -0.357 e. The molecule has 1 aromatic heterocycles. The lowest BCUT2D eigenvalue weighted by molar-refractivity contribution is -0.134. The lowest BCUT2D eigenvalue weighted by Crippen LogP contribution is -2.39. The molecule has 32 heavy (non-hydrogen) atoms. The maximum absolute atomic E-state index is 12.5. The van der Waals surface area contributed by atoms with Crippen molar-refractivity contribution >= 4 is 34.2 Å². The molecule has 2 aromatic rings. The number of carbonyl (C=O) groups is 2. The third-order valence-electron chi connectivity index (χ3n) is 6.97. The maximum atomic E-state index is 12.5. The van der Waals surface area contributed by atoms with Crippen molar-refractivity contribution in [2.45, 2.75) is 59.3 Å². The third-order valence-corrected chi connectivity index (χ3v) is 6.97. The normalized spacial score (nSPS) is 19.9. The summed E-state index contributed by atoms with van der Waals surface area (Å²) >= 11 is 0. The minimum absolute atomic E-state index is 0.0879. The van der Waals surface area contributed by atoms with Crippen LogP contribution in [0.4, 0.5) is 11.5 Å². The molecule has 6 heteroatoms. The van der Waals surface area contributed by atoms with Crippen LogP contribution in [0.25, 0.3) is 10.9 Å². The highest BCUT2D eigenvalue weighted by Gasteiger charge is 2.21. The number of fused-ring (bicyclic) bond motifs is 1. The first-order valence-corrected chi connectivity index (χ1v) is 12.1. The summed E-state index contributed by atoms with van der Waals surface area (Å²) in [6, 6.07) is 8.03. The molecule has 2 fully saturated rings. The monoisotopic (exact) mass is 436 g/mol. The number of aryl methyl sites for hydroxylation is 1. The zero-order chi connectivity index (χ0) is 22.7. The quantitative estimate of drug-likeness (QED) is 0.734.